The number of aromatic nitrogens is 1. The van der Waals surface area contributed by atoms with Crippen LogP contribution >= 0.6 is 0 Å². The molecule has 0 aliphatic carbocycles. The first-order valence-electron chi connectivity index (χ1n) is 12.0. The van der Waals surface area contributed by atoms with Gasteiger partial charge in [0.2, 0.25) is 0 Å². The summed E-state index contributed by atoms with van der Waals surface area (Å²) in [4.78, 5) is 21.3. The van der Waals surface area contributed by atoms with Gasteiger partial charge in [-0.3, -0.25) is 9.78 Å². The average Bonchev–Trinajstić information content (AvgIpc) is 2.85. The van der Waals surface area contributed by atoms with E-state index in [4.69, 9.17) is 0 Å². The fourth-order valence-corrected chi connectivity index (χ4v) is 4.57. The van der Waals surface area contributed by atoms with Crippen LogP contribution in [0.3, 0.4) is 0 Å². The van der Waals surface area contributed by atoms with Crippen molar-refractivity contribution < 1.29 is 22.4 Å². The Hall–Kier alpha value is -3.88. The molecule has 1 aromatic heterocycles. The van der Waals surface area contributed by atoms with Crippen molar-refractivity contribution in [2.24, 2.45) is 0 Å². The van der Waals surface area contributed by atoms with Crippen molar-refractivity contribution >= 4 is 11.6 Å². The third-order valence-electron chi connectivity index (χ3n) is 6.72. The molecule has 1 aliphatic rings. The molecule has 4 rings (SSSR count). The Morgan fingerprint density at radius 3 is 2.43 bits per heavy atom. The van der Waals surface area contributed by atoms with E-state index < -0.39 is 35.5 Å². The molecule has 5 nitrogen and oxygen atoms in total. The van der Waals surface area contributed by atoms with Crippen LogP contribution in [0.2, 0.25) is 0 Å². The first kappa shape index (κ1) is 26.2. The number of amides is 1. The highest BCUT2D eigenvalue weighted by molar-refractivity contribution is 5.95. The molecule has 0 saturated carbocycles. The fraction of sp³-hybridized carbons (Fsp3) is 0.286. The zero-order valence-corrected chi connectivity index (χ0v) is 20.9. The lowest BCUT2D eigenvalue weighted by atomic mass is 9.98. The van der Waals surface area contributed by atoms with Gasteiger partial charge in [-0.05, 0) is 31.0 Å². The lowest BCUT2D eigenvalue weighted by Gasteiger charge is -2.44. The van der Waals surface area contributed by atoms with Gasteiger partial charge in [0.25, 0.3) is 5.91 Å². The Balaban J connectivity index is 1.69. The third-order valence-corrected chi connectivity index (χ3v) is 6.72. The monoisotopic (exact) mass is 512 g/mol. The molecule has 2 heterocycles. The van der Waals surface area contributed by atoms with Crippen molar-refractivity contribution in [2.45, 2.75) is 45.8 Å². The minimum Gasteiger partial charge on any atom is -0.353 e. The standard InChI is InChI=1S/C28H28F4N4O/c1-5-7-25-27-26(36(17(3)35(25)4)15-21-16(2)8-6-9-22(21)30)10-18(13-33-27)28(37)34-14-20-23(31)11-19(29)12-24(20)32/h6,8-13,25H,3,5,7,14-15H2,1-2,4H3,(H,34,37). The molecule has 1 N–H and O–H groups in total. The summed E-state index contributed by atoms with van der Waals surface area (Å²) >= 11 is 0. The lowest BCUT2D eigenvalue weighted by Crippen LogP contribution is -2.41. The van der Waals surface area contributed by atoms with Gasteiger partial charge < -0.3 is 15.1 Å². The van der Waals surface area contributed by atoms with Gasteiger partial charge in [0.15, 0.2) is 0 Å². The van der Waals surface area contributed by atoms with Crippen molar-refractivity contribution in [2.75, 3.05) is 11.9 Å². The summed E-state index contributed by atoms with van der Waals surface area (Å²) in [6.07, 6.45) is 3.08. The number of rotatable bonds is 7. The smallest absolute Gasteiger partial charge is 0.253 e. The number of benzene rings is 2. The number of hydrogen-bond donors (Lipinski definition) is 1. The van der Waals surface area contributed by atoms with E-state index in [1.165, 1.54) is 12.3 Å². The van der Waals surface area contributed by atoms with Crippen molar-refractivity contribution in [1.29, 1.82) is 0 Å². The molecule has 1 aliphatic heterocycles. The lowest BCUT2D eigenvalue weighted by molar-refractivity contribution is 0.0949. The molecule has 37 heavy (non-hydrogen) atoms. The molecule has 2 aromatic carbocycles. The molecule has 0 fully saturated rings. The predicted molar refractivity (Wildman–Crippen MR) is 134 cm³/mol. The van der Waals surface area contributed by atoms with Gasteiger partial charge in [-0.25, -0.2) is 17.6 Å². The number of hydrogen-bond acceptors (Lipinski definition) is 4. The van der Waals surface area contributed by atoms with Crippen LogP contribution in [0.1, 0.15) is 58.5 Å². The van der Waals surface area contributed by atoms with Crippen LogP contribution in [0.4, 0.5) is 23.2 Å². The first-order valence-corrected chi connectivity index (χ1v) is 12.0. The summed E-state index contributed by atoms with van der Waals surface area (Å²) in [6.45, 7) is 7.81. The normalized spacial score (nSPS) is 15.1. The fourth-order valence-electron chi connectivity index (χ4n) is 4.57. The molecule has 1 amide bonds. The van der Waals surface area contributed by atoms with Gasteiger partial charge in [-0.15, -0.1) is 0 Å². The highest BCUT2D eigenvalue weighted by Crippen LogP contribution is 2.41. The second kappa shape index (κ2) is 10.6. The van der Waals surface area contributed by atoms with E-state index in [0.29, 0.717) is 29.2 Å². The summed E-state index contributed by atoms with van der Waals surface area (Å²) in [5.41, 5.74) is 2.31. The van der Waals surface area contributed by atoms with Crippen LogP contribution in [-0.4, -0.2) is 22.8 Å². The van der Waals surface area contributed by atoms with E-state index >= 15 is 0 Å². The average molecular weight is 513 g/mol. The summed E-state index contributed by atoms with van der Waals surface area (Å²) < 4.78 is 56.0. The maximum Gasteiger partial charge on any atom is 0.253 e. The van der Waals surface area contributed by atoms with E-state index in [1.807, 2.05) is 29.8 Å². The third kappa shape index (κ3) is 5.16. The number of nitrogens with zero attached hydrogens (tertiary/aromatic N) is 3. The van der Waals surface area contributed by atoms with Crippen molar-refractivity contribution in [3.05, 3.63) is 106 Å². The van der Waals surface area contributed by atoms with Gasteiger partial charge >= 0.3 is 0 Å². The number of fused-ring (bicyclic) bond motifs is 1. The van der Waals surface area contributed by atoms with Crippen molar-refractivity contribution in [3.8, 4) is 0 Å². The predicted octanol–water partition coefficient (Wildman–Crippen LogP) is 6.14. The van der Waals surface area contributed by atoms with E-state index in [9.17, 15) is 22.4 Å². The summed E-state index contributed by atoms with van der Waals surface area (Å²) in [5.74, 6) is -3.55. The van der Waals surface area contributed by atoms with Crippen LogP contribution in [0.15, 0.2) is 55.0 Å². The maximum absolute atomic E-state index is 14.7. The van der Waals surface area contributed by atoms with Crippen molar-refractivity contribution in [3.63, 3.8) is 0 Å². The number of nitrogens with one attached hydrogen (secondary N) is 1. The maximum atomic E-state index is 14.7. The van der Waals surface area contributed by atoms with E-state index in [2.05, 4.69) is 23.8 Å². The largest absolute Gasteiger partial charge is 0.353 e. The molecular formula is C28H28F4N4O. The molecule has 0 bridgehead atoms. The molecule has 1 unspecified atom stereocenters. The molecule has 0 saturated heterocycles. The molecule has 3 aromatic rings. The highest BCUT2D eigenvalue weighted by atomic mass is 19.1. The van der Waals surface area contributed by atoms with Crippen LogP contribution in [0.25, 0.3) is 0 Å². The number of carbonyl (C=O) groups excluding carboxylic acids is 1. The molecule has 194 valence electrons. The zero-order valence-electron chi connectivity index (χ0n) is 20.9. The Bertz CT molecular complexity index is 1320. The number of anilines is 1. The van der Waals surface area contributed by atoms with Crippen LogP contribution in [0.5, 0.6) is 0 Å². The summed E-state index contributed by atoms with van der Waals surface area (Å²) in [5, 5.41) is 2.47. The van der Waals surface area contributed by atoms with Gasteiger partial charge in [0, 0.05) is 43.0 Å². The van der Waals surface area contributed by atoms with E-state index in [0.717, 1.165) is 24.1 Å². The minimum absolute atomic E-state index is 0.0926. The molecular weight excluding hydrogens is 484 g/mol. The van der Waals surface area contributed by atoms with Gasteiger partial charge in [0.1, 0.15) is 29.1 Å². The van der Waals surface area contributed by atoms with Gasteiger partial charge in [0.05, 0.1) is 29.5 Å². The Morgan fingerprint density at radius 2 is 1.78 bits per heavy atom. The topological polar surface area (TPSA) is 48.5 Å². The highest BCUT2D eigenvalue weighted by Gasteiger charge is 2.34. The van der Waals surface area contributed by atoms with E-state index in [-0.39, 0.29) is 24.0 Å². The van der Waals surface area contributed by atoms with Crippen LogP contribution < -0.4 is 10.2 Å². The summed E-state index contributed by atoms with van der Waals surface area (Å²) in [6, 6.07) is 7.53. The zero-order chi connectivity index (χ0) is 26.9. The second-order valence-corrected chi connectivity index (χ2v) is 9.11. The van der Waals surface area contributed by atoms with Crippen LogP contribution in [-0.2, 0) is 13.1 Å². The van der Waals surface area contributed by atoms with E-state index in [1.54, 1.807) is 12.1 Å². The van der Waals surface area contributed by atoms with Crippen LogP contribution in [0, 0.1) is 30.2 Å². The Kier molecular flexibility index (Phi) is 7.52. The number of pyridine rings is 1. The number of carbonyl (C=O) groups is 1. The molecule has 0 spiro atoms. The summed E-state index contributed by atoms with van der Waals surface area (Å²) in [7, 11) is 1.90. The molecule has 1 atom stereocenters. The Morgan fingerprint density at radius 1 is 1.08 bits per heavy atom. The first-order chi connectivity index (χ1) is 17.6. The SMILES string of the molecule is C=C1N(Cc2c(C)cccc2F)c2cc(C(=O)NCc3c(F)cc(F)cc3F)cnc2C(CCC)N1C. The Labute approximate surface area is 213 Å². The number of aryl methyl sites for hydroxylation is 1. The van der Waals surface area contributed by atoms with Crippen molar-refractivity contribution in [1.82, 2.24) is 15.2 Å². The van der Waals surface area contributed by atoms with Gasteiger partial charge in [-0.2, -0.15) is 0 Å². The van der Waals surface area contributed by atoms with Gasteiger partial charge in [-0.1, -0.05) is 32.1 Å². The molecule has 0 radical (unpaired) electrons. The quantitative estimate of drug-likeness (QED) is 0.387. The second-order valence-electron chi connectivity index (χ2n) is 9.11. The number of halogens is 4. The minimum atomic E-state index is -1.09. The molecule has 9 heteroatoms.